The van der Waals surface area contributed by atoms with Crippen molar-refractivity contribution in [2.75, 3.05) is 6.54 Å². The van der Waals surface area contributed by atoms with Crippen molar-refractivity contribution in [3.63, 3.8) is 0 Å². The highest BCUT2D eigenvalue weighted by Gasteiger charge is 2.20. The molecular formula is C22H26ClNO6. The minimum Gasteiger partial charge on any atom is -0.444 e. The fourth-order valence-corrected chi connectivity index (χ4v) is 3.64. The number of amides is 1. The molecule has 1 aliphatic carbocycles. The Hall–Kier alpha value is -2.54. The molecule has 2 aromatic rings. The van der Waals surface area contributed by atoms with Crippen LogP contribution in [0, 0.1) is 0 Å². The van der Waals surface area contributed by atoms with Crippen LogP contribution in [-0.4, -0.2) is 24.2 Å². The number of carbonyl (C=O) groups is 2. The van der Waals surface area contributed by atoms with Gasteiger partial charge in [0.1, 0.15) is 11.2 Å². The van der Waals surface area contributed by atoms with Crippen molar-refractivity contribution in [2.45, 2.75) is 64.9 Å². The fraction of sp³-hybridized carbons (Fsp3) is 0.500. The molecule has 8 heteroatoms. The molecule has 1 aromatic carbocycles. The van der Waals surface area contributed by atoms with Crippen LogP contribution in [-0.2, 0) is 22.4 Å². The predicted octanol–water partition coefficient (Wildman–Crippen LogP) is 4.54. The van der Waals surface area contributed by atoms with Gasteiger partial charge in [0.05, 0.1) is 5.02 Å². The van der Waals surface area contributed by atoms with Crippen molar-refractivity contribution in [1.82, 2.24) is 5.32 Å². The highest BCUT2D eigenvalue weighted by molar-refractivity contribution is 6.33. The Labute approximate surface area is 179 Å². The number of carbonyl (C=O) groups excluding carboxylic acids is 2. The molecule has 1 N–H and O–H groups in total. The molecule has 0 atom stereocenters. The number of halogens is 1. The maximum Gasteiger partial charge on any atom is 0.407 e. The van der Waals surface area contributed by atoms with Gasteiger partial charge in [0.2, 0.25) is 0 Å². The van der Waals surface area contributed by atoms with E-state index in [0.29, 0.717) is 24.0 Å². The number of ether oxygens (including phenoxy) is 2. The summed E-state index contributed by atoms with van der Waals surface area (Å²) in [5, 5.41) is 3.65. The summed E-state index contributed by atoms with van der Waals surface area (Å²) < 4.78 is 15.9. The van der Waals surface area contributed by atoms with Gasteiger partial charge in [0, 0.05) is 30.0 Å². The summed E-state index contributed by atoms with van der Waals surface area (Å²) >= 11 is 6.32. The zero-order valence-electron chi connectivity index (χ0n) is 17.4. The lowest BCUT2D eigenvalue weighted by Gasteiger charge is -2.19. The number of esters is 1. The summed E-state index contributed by atoms with van der Waals surface area (Å²) in [4.78, 5) is 36.0. The molecule has 7 nitrogen and oxygen atoms in total. The Morgan fingerprint density at radius 3 is 2.57 bits per heavy atom. The predicted molar refractivity (Wildman–Crippen MR) is 113 cm³/mol. The van der Waals surface area contributed by atoms with Gasteiger partial charge < -0.3 is 19.2 Å². The average molecular weight is 436 g/mol. The van der Waals surface area contributed by atoms with Crippen LogP contribution in [0.15, 0.2) is 21.3 Å². The van der Waals surface area contributed by atoms with E-state index in [2.05, 4.69) is 5.32 Å². The second kappa shape index (κ2) is 9.08. The minimum atomic E-state index is -0.579. The Morgan fingerprint density at radius 2 is 1.87 bits per heavy atom. The molecule has 0 fully saturated rings. The zero-order chi connectivity index (χ0) is 21.9. The summed E-state index contributed by atoms with van der Waals surface area (Å²) in [6.07, 6.45) is 3.42. The number of hydrogen-bond donors (Lipinski definition) is 1. The number of nitrogens with one attached hydrogen (secondary N) is 1. The summed E-state index contributed by atoms with van der Waals surface area (Å²) in [6.45, 7) is 5.59. The van der Waals surface area contributed by atoms with E-state index in [-0.39, 0.29) is 29.4 Å². The first-order valence-electron chi connectivity index (χ1n) is 10.1. The van der Waals surface area contributed by atoms with Crippen molar-refractivity contribution >= 4 is 34.6 Å². The lowest BCUT2D eigenvalue weighted by atomic mass is 9.91. The van der Waals surface area contributed by atoms with E-state index >= 15 is 0 Å². The quantitative estimate of drug-likeness (QED) is 0.321. The molecule has 3 rings (SSSR count). The number of alkyl carbamates (subject to hydrolysis) is 1. The standard InChI is InChI=1S/C22H26ClNO6/c1-22(2,3)30-21(27)24-10-6-9-19(25)28-18-12-17-15(11-16(18)23)13-7-4-5-8-14(13)20(26)29-17/h11-12H,4-10H2,1-3H3,(H,24,27). The normalized spacial score (nSPS) is 13.6. The molecule has 0 radical (unpaired) electrons. The van der Waals surface area contributed by atoms with Gasteiger partial charge in [-0.15, -0.1) is 0 Å². The molecular weight excluding hydrogens is 410 g/mol. The highest BCUT2D eigenvalue weighted by Crippen LogP contribution is 2.34. The van der Waals surface area contributed by atoms with Crippen LogP contribution in [0.5, 0.6) is 5.75 Å². The lowest BCUT2D eigenvalue weighted by Crippen LogP contribution is -2.33. The topological polar surface area (TPSA) is 94.8 Å². The number of rotatable bonds is 5. The van der Waals surface area contributed by atoms with Gasteiger partial charge in [-0.3, -0.25) is 4.79 Å². The maximum absolute atomic E-state index is 12.3. The van der Waals surface area contributed by atoms with Gasteiger partial charge >= 0.3 is 17.7 Å². The van der Waals surface area contributed by atoms with Crippen molar-refractivity contribution in [3.05, 3.63) is 38.7 Å². The molecule has 30 heavy (non-hydrogen) atoms. The van der Waals surface area contributed by atoms with Crippen molar-refractivity contribution in [2.24, 2.45) is 0 Å². The van der Waals surface area contributed by atoms with E-state index in [4.69, 9.17) is 25.5 Å². The first-order valence-corrected chi connectivity index (χ1v) is 10.5. The molecule has 1 aliphatic rings. The summed E-state index contributed by atoms with van der Waals surface area (Å²) in [5.41, 5.74) is 1.13. The number of hydrogen-bond acceptors (Lipinski definition) is 6. The number of benzene rings is 1. The van der Waals surface area contributed by atoms with Crippen molar-refractivity contribution < 1.29 is 23.5 Å². The fourth-order valence-electron chi connectivity index (χ4n) is 3.43. The van der Waals surface area contributed by atoms with Crippen LogP contribution in [0.1, 0.15) is 57.6 Å². The molecule has 0 saturated heterocycles. The van der Waals surface area contributed by atoms with Crippen LogP contribution in [0.4, 0.5) is 4.79 Å². The Balaban J connectivity index is 1.62. The number of aryl methyl sites for hydroxylation is 1. The van der Waals surface area contributed by atoms with Crippen LogP contribution in [0.25, 0.3) is 11.0 Å². The third-order valence-corrected chi connectivity index (χ3v) is 5.02. The molecule has 0 aliphatic heterocycles. The van der Waals surface area contributed by atoms with Gasteiger partial charge in [-0.2, -0.15) is 0 Å². The third-order valence-electron chi connectivity index (χ3n) is 4.73. The van der Waals surface area contributed by atoms with E-state index in [0.717, 1.165) is 30.2 Å². The monoisotopic (exact) mass is 435 g/mol. The Morgan fingerprint density at radius 1 is 1.17 bits per heavy atom. The molecule has 1 amide bonds. The third kappa shape index (κ3) is 5.53. The van der Waals surface area contributed by atoms with E-state index in [1.807, 2.05) is 0 Å². The first-order chi connectivity index (χ1) is 14.1. The zero-order valence-corrected chi connectivity index (χ0v) is 18.2. The van der Waals surface area contributed by atoms with Crippen molar-refractivity contribution in [3.8, 4) is 5.75 Å². The molecule has 162 valence electrons. The van der Waals surface area contributed by atoms with Crippen LogP contribution < -0.4 is 15.7 Å². The van der Waals surface area contributed by atoms with E-state index < -0.39 is 17.7 Å². The summed E-state index contributed by atoms with van der Waals surface area (Å²) in [7, 11) is 0. The SMILES string of the molecule is CC(C)(C)OC(=O)NCCCC(=O)Oc1cc2oc(=O)c3c(c2cc1Cl)CCCC3. The molecule has 1 aromatic heterocycles. The molecule has 1 heterocycles. The minimum absolute atomic E-state index is 0.0816. The second-order valence-corrected chi connectivity index (χ2v) is 8.75. The van der Waals surface area contributed by atoms with Gasteiger partial charge in [0.25, 0.3) is 0 Å². The van der Waals surface area contributed by atoms with Crippen molar-refractivity contribution in [1.29, 1.82) is 0 Å². The van der Waals surface area contributed by atoms with E-state index in [1.54, 1.807) is 26.8 Å². The van der Waals surface area contributed by atoms with Gasteiger partial charge in [0.15, 0.2) is 5.75 Å². The van der Waals surface area contributed by atoms with Gasteiger partial charge in [-0.1, -0.05) is 11.6 Å². The van der Waals surface area contributed by atoms with E-state index in [9.17, 15) is 14.4 Å². The highest BCUT2D eigenvalue weighted by atomic mass is 35.5. The Kier molecular flexibility index (Phi) is 6.71. The van der Waals surface area contributed by atoms with E-state index in [1.165, 1.54) is 6.07 Å². The first kappa shape index (κ1) is 22.2. The molecule has 0 unspecified atom stereocenters. The Bertz CT molecular complexity index is 1020. The van der Waals surface area contributed by atoms with Crippen LogP contribution >= 0.6 is 11.6 Å². The average Bonchev–Trinajstić information content (AvgIpc) is 2.65. The lowest BCUT2D eigenvalue weighted by molar-refractivity contribution is -0.134. The summed E-state index contributed by atoms with van der Waals surface area (Å²) in [6, 6.07) is 3.18. The maximum atomic E-state index is 12.3. The largest absolute Gasteiger partial charge is 0.444 e. The smallest absolute Gasteiger partial charge is 0.407 e. The molecule has 0 saturated carbocycles. The molecule has 0 bridgehead atoms. The molecule has 0 spiro atoms. The summed E-state index contributed by atoms with van der Waals surface area (Å²) in [5.74, 6) is -0.351. The second-order valence-electron chi connectivity index (χ2n) is 8.34. The van der Waals surface area contributed by atoms with Gasteiger partial charge in [-0.05, 0) is 64.5 Å². The van der Waals surface area contributed by atoms with Crippen LogP contribution in [0.3, 0.4) is 0 Å². The van der Waals surface area contributed by atoms with Crippen LogP contribution in [0.2, 0.25) is 5.02 Å². The number of fused-ring (bicyclic) bond motifs is 3. The van der Waals surface area contributed by atoms with Gasteiger partial charge in [-0.25, -0.2) is 9.59 Å².